The van der Waals surface area contributed by atoms with Gasteiger partial charge >= 0.3 is 6.18 Å². The highest BCUT2D eigenvalue weighted by Gasteiger charge is 2.39. The zero-order valence-electron chi connectivity index (χ0n) is 11.1. The highest BCUT2D eigenvalue weighted by molar-refractivity contribution is 5.51. The van der Waals surface area contributed by atoms with E-state index in [4.69, 9.17) is 0 Å². The Hall–Kier alpha value is -2.65. The number of non-ortho nitro benzene ring substituents is 1. The number of alkyl halides is 3. The lowest BCUT2D eigenvalue weighted by atomic mass is 10.2. The maximum atomic E-state index is 12.7. The minimum Gasteiger partial charge on any atom is -0.362 e. The van der Waals surface area contributed by atoms with Crippen molar-refractivity contribution in [2.75, 3.05) is 11.4 Å². The third kappa shape index (κ3) is 2.47. The lowest BCUT2D eigenvalue weighted by molar-refractivity contribution is -0.384. The molecule has 0 aliphatic carbocycles. The molecule has 1 aromatic carbocycles. The first-order valence-electron chi connectivity index (χ1n) is 6.35. The number of benzene rings is 1. The van der Waals surface area contributed by atoms with Crippen LogP contribution in [0.15, 0.2) is 24.3 Å². The average Bonchev–Trinajstić information content (AvgIpc) is 2.90. The topological polar surface area (TPSA) is 77.1 Å². The maximum absolute atomic E-state index is 12.7. The van der Waals surface area contributed by atoms with Crippen LogP contribution in [0, 0.1) is 10.1 Å². The number of nitro benzene ring substituents is 1. The largest absolute Gasteiger partial charge is 0.451 e. The van der Waals surface area contributed by atoms with Crippen LogP contribution < -0.4 is 4.90 Å². The van der Waals surface area contributed by atoms with E-state index in [9.17, 15) is 23.3 Å². The van der Waals surface area contributed by atoms with Gasteiger partial charge in [-0.15, -0.1) is 10.2 Å². The number of fused-ring (bicyclic) bond motifs is 1. The van der Waals surface area contributed by atoms with Gasteiger partial charge in [0.25, 0.3) is 5.69 Å². The van der Waals surface area contributed by atoms with E-state index in [1.54, 1.807) is 17.0 Å². The smallest absolute Gasteiger partial charge is 0.362 e. The SMILES string of the molecule is O=[N+]([O-])c1ccc(N2CCn3c(nnc3C(F)(F)F)C2)cc1. The van der Waals surface area contributed by atoms with Gasteiger partial charge in [-0.3, -0.25) is 10.1 Å². The fourth-order valence-electron chi connectivity index (χ4n) is 2.37. The summed E-state index contributed by atoms with van der Waals surface area (Å²) in [6.45, 7) is 0.612. The lowest BCUT2D eigenvalue weighted by Crippen LogP contribution is -2.35. The number of hydrogen-bond acceptors (Lipinski definition) is 5. The van der Waals surface area contributed by atoms with E-state index in [0.717, 1.165) is 4.57 Å². The molecule has 0 unspecified atom stereocenters. The van der Waals surface area contributed by atoms with Gasteiger partial charge in [-0.1, -0.05) is 0 Å². The molecule has 7 nitrogen and oxygen atoms in total. The van der Waals surface area contributed by atoms with Crippen LogP contribution >= 0.6 is 0 Å². The van der Waals surface area contributed by atoms with E-state index < -0.39 is 16.9 Å². The van der Waals surface area contributed by atoms with Gasteiger partial charge in [0, 0.05) is 30.9 Å². The second-order valence-corrected chi connectivity index (χ2v) is 4.78. The molecule has 1 aromatic heterocycles. The van der Waals surface area contributed by atoms with E-state index in [0.29, 0.717) is 12.2 Å². The summed E-state index contributed by atoms with van der Waals surface area (Å²) in [5.74, 6) is -0.775. The molecule has 0 amide bonds. The van der Waals surface area contributed by atoms with Crippen molar-refractivity contribution >= 4 is 11.4 Å². The first kappa shape index (κ1) is 14.3. The summed E-state index contributed by atoms with van der Waals surface area (Å²) in [5.41, 5.74) is 0.650. The normalized spacial score (nSPS) is 14.8. The molecule has 0 bridgehead atoms. The molecule has 0 fully saturated rings. The second-order valence-electron chi connectivity index (χ2n) is 4.78. The van der Waals surface area contributed by atoms with Crippen molar-refractivity contribution in [3.8, 4) is 0 Å². The van der Waals surface area contributed by atoms with Crippen molar-refractivity contribution in [1.29, 1.82) is 0 Å². The van der Waals surface area contributed by atoms with Crippen molar-refractivity contribution in [2.45, 2.75) is 19.3 Å². The Morgan fingerprint density at radius 3 is 2.41 bits per heavy atom. The molecule has 0 atom stereocenters. The molecule has 0 spiro atoms. The Balaban J connectivity index is 1.83. The van der Waals surface area contributed by atoms with E-state index in [1.807, 2.05) is 0 Å². The highest BCUT2D eigenvalue weighted by atomic mass is 19.4. The van der Waals surface area contributed by atoms with Crippen LogP contribution in [0.4, 0.5) is 24.5 Å². The highest BCUT2D eigenvalue weighted by Crippen LogP contribution is 2.30. The molecule has 116 valence electrons. The molecule has 2 aromatic rings. The summed E-state index contributed by atoms with van der Waals surface area (Å²) in [6.07, 6.45) is -4.53. The van der Waals surface area contributed by atoms with Crippen molar-refractivity contribution in [3.05, 3.63) is 46.0 Å². The number of anilines is 1. The summed E-state index contributed by atoms with van der Waals surface area (Å²) < 4.78 is 39.3. The molecule has 0 saturated carbocycles. The molecule has 0 saturated heterocycles. The minimum absolute atomic E-state index is 0.0386. The van der Waals surface area contributed by atoms with Crippen LogP contribution in [0.2, 0.25) is 0 Å². The zero-order valence-corrected chi connectivity index (χ0v) is 11.1. The Morgan fingerprint density at radius 1 is 1.14 bits per heavy atom. The Bertz CT molecular complexity index is 711. The van der Waals surface area contributed by atoms with Gasteiger partial charge in [0.05, 0.1) is 11.5 Å². The molecule has 3 rings (SSSR count). The predicted octanol–water partition coefficient (Wildman–Crippen LogP) is 2.23. The molecule has 22 heavy (non-hydrogen) atoms. The first-order valence-corrected chi connectivity index (χ1v) is 6.35. The zero-order chi connectivity index (χ0) is 15.9. The van der Waals surface area contributed by atoms with Crippen molar-refractivity contribution in [1.82, 2.24) is 14.8 Å². The van der Waals surface area contributed by atoms with Crippen LogP contribution in [0.5, 0.6) is 0 Å². The van der Waals surface area contributed by atoms with Gasteiger partial charge in [-0.2, -0.15) is 13.2 Å². The third-order valence-electron chi connectivity index (χ3n) is 3.43. The van der Waals surface area contributed by atoms with Crippen LogP contribution in [0.25, 0.3) is 0 Å². The molecule has 0 radical (unpaired) electrons. The number of halogens is 3. The first-order chi connectivity index (χ1) is 10.4. The minimum atomic E-state index is -4.53. The van der Waals surface area contributed by atoms with E-state index in [2.05, 4.69) is 10.2 Å². The summed E-state index contributed by atoms with van der Waals surface area (Å²) >= 11 is 0. The summed E-state index contributed by atoms with van der Waals surface area (Å²) in [7, 11) is 0. The Kier molecular flexibility index (Phi) is 3.23. The van der Waals surface area contributed by atoms with Gasteiger partial charge < -0.3 is 9.47 Å². The van der Waals surface area contributed by atoms with Crippen molar-refractivity contribution in [3.63, 3.8) is 0 Å². The number of hydrogen-bond donors (Lipinski definition) is 0. The maximum Gasteiger partial charge on any atom is 0.451 e. The van der Waals surface area contributed by atoms with Crippen LogP contribution in [-0.4, -0.2) is 26.2 Å². The van der Waals surface area contributed by atoms with Crippen LogP contribution in [-0.2, 0) is 19.3 Å². The van der Waals surface area contributed by atoms with Gasteiger partial charge in [-0.25, -0.2) is 0 Å². The third-order valence-corrected chi connectivity index (χ3v) is 3.43. The molecule has 2 heterocycles. The fraction of sp³-hybridized carbons (Fsp3) is 0.333. The number of aromatic nitrogens is 3. The predicted molar refractivity (Wildman–Crippen MR) is 69.2 cm³/mol. The average molecular weight is 313 g/mol. The van der Waals surface area contributed by atoms with Crippen LogP contribution in [0.1, 0.15) is 11.6 Å². The number of nitrogens with zero attached hydrogens (tertiary/aromatic N) is 5. The van der Waals surface area contributed by atoms with Gasteiger partial charge in [0.2, 0.25) is 5.82 Å². The summed E-state index contributed by atoms with van der Waals surface area (Å²) in [4.78, 5) is 11.9. The fourth-order valence-corrected chi connectivity index (χ4v) is 2.37. The second kappa shape index (κ2) is 4.97. The van der Waals surface area contributed by atoms with E-state index in [1.165, 1.54) is 12.1 Å². The molecule has 1 aliphatic rings. The summed E-state index contributed by atoms with van der Waals surface area (Å²) in [6, 6.07) is 5.84. The quantitative estimate of drug-likeness (QED) is 0.627. The lowest BCUT2D eigenvalue weighted by Gasteiger charge is -2.29. The Labute approximate surface area is 122 Å². The van der Waals surface area contributed by atoms with Crippen molar-refractivity contribution < 1.29 is 18.1 Å². The standard InChI is InChI=1S/C12H10F3N5O2/c13-12(14,15)11-17-16-10-7-18(5-6-19(10)11)8-1-3-9(4-2-8)20(21)22/h1-4H,5-7H2. The van der Waals surface area contributed by atoms with Crippen LogP contribution in [0.3, 0.4) is 0 Å². The van der Waals surface area contributed by atoms with E-state index in [-0.39, 0.29) is 24.6 Å². The van der Waals surface area contributed by atoms with Crippen molar-refractivity contribution in [2.24, 2.45) is 0 Å². The number of nitro groups is 1. The molecule has 0 N–H and O–H groups in total. The molecule has 10 heteroatoms. The number of rotatable bonds is 2. The molecule has 1 aliphatic heterocycles. The Morgan fingerprint density at radius 2 is 1.82 bits per heavy atom. The molecular weight excluding hydrogens is 303 g/mol. The summed E-state index contributed by atoms with van der Waals surface area (Å²) in [5, 5.41) is 17.4. The van der Waals surface area contributed by atoms with Gasteiger partial charge in [0.15, 0.2) is 5.82 Å². The van der Waals surface area contributed by atoms with Gasteiger partial charge in [-0.05, 0) is 12.1 Å². The van der Waals surface area contributed by atoms with Gasteiger partial charge in [0.1, 0.15) is 0 Å². The molecular formula is C12H10F3N5O2. The van der Waals surface area contributed by atoms with E-state index >= 15 is 0 Å². The monoisotopic (exact) mass is 313 g/mol.